The Kier molecular flexibility index (Phi) is 90.1. The number of aryl methyl sites for hydroxylation is 2. The summed E-state index contributed by atoms with van der Waals surface area (Å²) in [5.41, 5.74) is 4.69. The van der Waals surface area contributed by atoms with Gasteiger partial charge in [-0.15, -0.1) is 0 Å². The van der Waals surface area contributed by atoms with Crippen molar-refractivity contribution in [3.05, 3.63) is 125 Å². The fourth-order valence-corrected chi connectivity index (χ4v) is 12.8. The first-order valence-corrected chi connectivity index (χ1v) is 47.9. The molecular weight excluding hydrogens is 1690 g/mol. The van der Waals surface area contributed by atoms with E-state index in [1.54, 1.807) is 21.0 Å². The van der Waals surface area contributed by atoms with E-state index in [1.165, 1.54) is 33.5 Å². The summed E-state index contributed by atoms with van der Waals surface area (Å²) in [7, 11) is -0.862. The van der Waals surface area contributed by atoms with Crippen molar-refractivity contribution in [2.75, 3.05) is 20.3 Å². The van der Waals surface area contributed by atoms with E-state index in [0.29, 0.717) is 36.9 Å². The van der Waals surface area contributed by atoms with Gasteiger partial charge in [0.25, 0.3) is 8.32 Å². The molecule has 0 spiro atoms. The van der Waals surface area contributed by atoms with E-state index < -0.39 is 16.2 Å². The maximum absolute atomic E-state index is 6.13. The molecule has 4 aromatic rings. The molecule has 0 saturated heterocycles. The molecule has 0 atom stereocenters. The van der Waals surface area contributed by atoms with Crippen LogP contribution < -0.4 is 15.9 Å². The third-order valence-corrected chi connectivity index (χ3v) is 24.5. The van der Waals surface area contributed by atoms with E-state index in [0.717, 1.165) is 156 Å². The van der Waals surface area contributed by atoms with Gasteiger partial charge in [-0.05, 0) is 302 Å². The Balaban J connectivity index is -0.000000180. The highest BCUT2D eigenvalue weighted by molar-refractivity contribution is 7.84. The van der Waals surface area contributed by atoms with Crippen LogP contribution in [0.3, 0.4) is 0 Å². The lowest BCUT2D eigenvalue weighted by Crippen LogP contribution is -2.42. The summed E-state index contributed by atoms with van der Waals surface area (Å²) < 4.78 is 26.2. The minimum atomic E-state index is -1.81. The Labute approximate surface area is 755 Å². The van der Waals surface area contributed by atoms with E-state index in [9.17, 15) is 0 Å². The highest BCUT2D eigenvalue weighted by Gasteiger charge is 2.39. The largest absolute Gasteiger partial charge is 0.536 e. The van der Waals surface area contributed by atoms with Crippen LogP contribution in [0.25, 0.3) is 0 Å². The van der Waals surface area contributed by atoms with Crippen LogP contribution in [0.1, 0.15) is 279 Å². The summed E-state index contributed by atoms with van der Waals surface area (Å²) in [5, 5.41) is 7.40. The molecule has 0 aromatic heterocycles. The fraction of sp³-hybridized carbons (Fsp3) is 0.535. The summed E-state index contributed by atoms with van der Waals surface area (Å²) in [5.74, 6) is 0. The van der Waals surface area contributed by atoms with Crippen molar-refractivity contribution >= 4 is 307 Å². The zero-order chi connectivity index (χ0) is 86.4. The maximum Gasteiger partial charge on any atom is 0.251 e. The molecule has 0 N–H and O–H groups in total. The van der Waals surface area contributed by atoms with Gasteiger partial charge in [0.15, 0.2) is 30.3 Å². The summed E-state index contributed by atoms with van der Waals surface area (Å²) >= 11 is 77.9. The lowest BCUT2D eigenvalue weighted by atomic mass is 10.1. The molecule has 0 heterocycles. The van der Waals surface area contributed by atoms with Crippen molar-refractivity contribution in [3.8, 4) is 0 Å². The second-order valence-corrected chi connectivity index (χ2v) is 42.1. The van der Waals surface area contributed by atoms with E-state index >= 15 is 0 Å². The predicted molar refractivity (Wildman–Crippen MR) is 562 cm³/mol. The molecule has 4 rings (SSSR count). The van der Waals surface area contributed by atoms with Gasteiger partial charge in [0.05, 0.1) is 13.7 Å². The van der Waals surface area contributed by atoms with E-state index in [4.69, 9.17) is 182 Å². The minimum Gasteiger partial charge on any atom is -0.536 e. The zero-order valence-corrected chi connectivity index (χ0v) is 86.3. The van der Waals surface area contributed by atoms with Crippen LogP contribution in [-0.4, -0.2) is 108 Å². The van der Waals surface area contributed by atoms with Crippen LogP contribution in [0.15, 0.2) is 103 Å². The van der Waals surface area contributed by atoms with Gasteiger partial charge in [-0.25, -0.2) is 0 Å². The molecule has 0 aliphatic carbocycles. The molecule has 0 aliphatic heterocycles. The molecular formula is C86H135O5PS16Si. The molecule has 23 heteroatoms. The second-order valence-electron chi connectivity index (χ2n) is 25.6. The molecule has 0 unspecified atom stereocenters. The molecule has 109 heavy (non-hydrogen) atoms. The summed E-state index contributed by atoms with van der Waals surface area (Å²) in [6, 6.07) is 36.3. The second kappa shape index (κ2) is 79.9. The lowest BCUT2D eigenvalue weighted by molar-refractivity contribution is 0.188. The Morgan fingerprint density at radius 2 is 0.789 bits per heavy atom. The molecule has 0 amide bonds. The smallest absolute Gasteiger partial charge is 0.251 e. The van der Waals surface area contributed by atoms with Crippen molar-refractivity contribution in [1.82, 2.24) is 0 Å². The third kappa shape index (κ3) is 83.9. The highest BCUT2D eigenvalue weighted by atomic mass is 32.1. The first kappa shape index (κ1) is 123. The average Bonchev–Trinajstić information content (AvgIpc) is 0.791. The summed E-state index contributed by atoms with van der Waals surface area (Å²) in [4.78, 5) is 10.5. The monoisotopic (exact) mass is 1820 g/mol. The Hall–Kier alpha value is -1.87. The third-order valence-electron chi connectivity index (χ3n) is 13.5. The summed E-state index contributed by atoms with van der Waals surface area (Å²) in [6.45, 7) is 56.1. The molecule has 0 aliphatic rings. The minimum absolute atomic E-state index is 0.181. The van der Waals surface area contributed by atoms with Gasteiger partial charge in [-0.1, -0.05) is 323 Å². The van der Waals surface area contributed by atoms with Crippen LogP contribution >= 0.6 is 203 Å². The average molecular weight is 1820 g/mol. The normalized spacial score (nSPS) is 9.51. The Bertz CT molecular complexity index is 3170. The van der Waals surface area contributed by atoms with Gasteiger partial charge in [-0.2, -0.15) is 0 Å². The van der Waals surface area contributed by atoms with Gasteiger partial charge in [-0.3, -0.25) is 0 Å². The number of ether oxygens (including phenoxy) is 4. The van der Waals surface area contributed by atoms with Crippen LogP contribution in [0.2, 0.25) is 18.1 Å². The number of hydrogen-bond donors (Lipinski definition) is 0. The van der Waals surface area contributed by atoms with Crippen LogP contribution in [0.4, 0.5) is 0 Å². The van der Waals surface area contributed by atoms with Crippen LogP contribution in [0.5, 0.6) is 0 Å². The Morgan fingerprint density at radius 3 is 1.05 bits per heavy atom. The Morgan fingerprint density at radius 1 is 0.413 bits per heavy atom. The molecule has 4 aromatic carbocycles. The molecule has 0 bridgehead atoms. The maximum atomic E-state index is 6.13. The van der Waals surface area contributed by atoms with Crippen molar-refractivity contribution in [2.45, 2.75) is 288 Å². The predicted octanol–water partition coefficient (Wildman–Crippen LogP) is 29.7. The van der Waals surface area contributed by atoms with Crippen LogP contribution in [-0.2, 0) is 36.2 Å². The SMILES string of the molecule is CC(C)=S.CCC.CCC(=S)CC(C)=S.CCC(=S)CCC(C)=S.CCC(=S)OC(C)=S.CCC(=S)OC(C)=S.CCC(C)=S.CCC(C)=S.CCCC(=S)CC(C)=S.CCOCC(C)=S.CCc1ccc(C(=S)OC)c(P(c2ccccc2)c2ccccc2)c1.CCc1ccc(C(=S)O[Si](C)(C)C(C)(C)C)cc1. The molecule has 0 fully saturated rings. The highest BCUT2D eigenvalue weighted by Crippen LogP contribution is 2.38. The number of hydrogen-bond acceptors (Lipinski definition) is 21. The quantitative estimate of drug-likeness (QED) is 0.0340. The molecule has 5 nitrogen and oxygen atoms in total. The van der Waals surface area contributed by atoms with Gasteiger partial charge >= 0.3 is 0 Å². The molecule has 0 saturated carbocycles. The number of benzene rings is 4. The van der Waals surface area contributed by atoms with Crippen LogP contribution in [0, 0.1) is 0 Å². The summed E-state index contributed by atoms with van der Waals surface area (Å²) in [6.07, 6.45) is 14.8. The van der Waals surface area contributed by atoms with Gasteiger partial charge in [0.2, 0.25) is 0 Å². The van der Waals surface area contributed by atoms with Gasteiger partial charge in [0, 0.05) is 62.1 Å². The first-order chi connectivity index (χ1) is 50.7. The zero-order valence-electron chi connectivity index (χ0n) is 71.4. The van der Waals surface area contributed by atoms with Gasteiger partial charge in [0.1, 0.15) is 0 Å². The number of thiocarbonyl (C=S) groups is 16. The van der Waals surface area contributed by atoms with Crippen molar-refractivity contribution < 1.29 is 23.4 Å². The van der Waals surface area contributed by atoms with Crippen molar-refractivity contribution in [1.29, 1.82) is 0 Å². The first-order valence-electron chi connectivity index (χ1n) is 37.1. The van der Waals surface area contributed by atoms with E-state index in [2.05, 4.69) is 236 Å². The standard InChI is InChI=1S/C22H21OPS.C15H24OSSi.2C7H12S2.C6H10S2.2C5H8OS2.C5H10OS.2C4H8S.C3H6S.C3H8/c1-3-17-14-15-20(22(25)23-2)21(16-17)24(18-10-6-4-7-11-18)19-12-8-5-9-13-19;1-7-12-8-10-13(11-9-12)14(17)16-18(5,6)15(2,3)4;1-3-7(9)5-4-6(2)8;1-3-4-7(9)5-6(2)8;1-3-6(8)4-5(2)7;2*1-3-5(8)6-4(2)7;1-3-6-4-5(2)7;2*1-3-4(2)5;1-3(2)4;1-3-2/h4-16H,3H2,1-2H3;8-11H,7H2,1-6H3;2*3-5H2,1-2H3;3-4H2,1-2H3;2*3H2,1-2H3;3-4H2,1-2H3;2*3H2,1-2H3;1-2H3;3H2,1-2H3. The molecule has 0 radical (unpaired) electrons. The van der Waals surface area contributed by atoms with E-state index in [-0.39, 0.29) is 5.04 Å². The fourth-order valence-electron chi connectivity index (χ4n) is 6.42. The van der Waals surface area contributed by atoms with Crippen molar-refractivity contribution in [3.63, 3.8) is 0 Å². The van der Waals surface area contributed by atoms with E-state index in [1.807, 2.05) is 76.2 Å². The topological polar surface area (TPSA) is 46.2 Å². The number of methoxy groups -OCH3 is 1. The molecule has 614 valence electrons. The number of rotatable bonds is 26. The van der Waals surface area contributed by atoms with Gasteiger partial charge < -0.3 is 23.4 Å². The van der Waals surface area contributed by atoms with Crippen molar-refractivity contribution in [2.24, 2.45) is 0 Å². The lowest BCUT2D eigenvalue weighted by Gasteiger charge is -2.36.